The highest BCUT2D eigenvalue weighted by Gasteiger charge is 2.31. The molecule has 0 radical (unpaired) electrons. The van der Waals surface area contributed by atoms with Gasteiger partial charge in [-0.2, -0.15) is 0 Å². The van der Waals surface area contributed by atoms with Crippen molar-refractivity contribution in [2.75, 3.05) is 20.8 Å². The molecule has 4 heteroatoms. The standard InChI is InChI=1S/C17H27NO3/c1-12(18-11-14-8-9-17(2,3)21-14)13-6-7-15(19-4)16(10-13)20-5/h6-7,10,12,14,18H,8-9,11H2,1-5H3. The zero-order valence-electron chi connectivity index (χ0n) is 13.7. The van der Waals surface area contributed by atoms with E-state index in [-0.39, 0.29) is 11.6 Å². The molecule has 2 atom stereocenters. The van der Waals surface area contributed by atoms with E-state index >= 15 is 0 Å². The van der Waals surface area contributed by atoms with Gasteiger partial charge in [-0.3, -0.25) is 0 Å². The van der Waals surface area contributed by atoms with Crippen LogP contribution in [-0.2, 0) is 4.74 Å². The summed E-state index contributed by atoms with van der Waals surface area (Å²) in [6.07, 6.45) is 2.56. The second-order valence-corrected chi connectivity index (χ2v) is 6.28. The summed E-state index contributed by atoms with van der Waals surface area (Å²) in [6, 6.07) is 6.28. The van der Waals surface area contributed by atoms with Crippen LogP contribution in [0.3, 0.4) is 0 Å². The van der Waals surface area contributed by atoms with Crippen molar-refractivity contribution in [3.8, 4) is 11.5 Å². The Balaban J connectivity index is 1.93. The van der Waals surface area contributed by atoms with Gasteiger partial charge in [0.2, 0.25) is 0 Å². The van der Waals surface area contributed by atoms with Gasteiger partial charge in [0.1, 0.15) is 0 Å². The van der Waals surface area contributed by atoms with E-state index in [0.29, 0.717) is 6.10 Å². The predicted octanol–water partition coefficient (Wildman–Crippen LogP) is 3.31. The number of methoxy groups -OCH3 is 2. The van der Waals surface area contributed by atoms with Crippen LogP contribution in [0.25, 0.3) is 0 Å². The SMILES string of the molecule is COc1ccc(C(C)NCC2CCC(C)(C)O2)cc1OC. The maximum Gasteiger partial charge on any atom is 0.161 e. The van der Waals surface area contributed by atoms with Gasteiger partial charge in [-0.05, 0) is 51.3 Å². The maximum absolute atomic E-state index is 6.01. The highest BCUT2D eigenvalue weighted by molar-refractivity contribution is 5.43. The van der Waals surface area contributed by atoms with Crippen molar-refractivity contribution in [1.82, 2.24) is 5.32 Å². The van der Waals surface area contributed by atoms with Crippen LogP contribution in [0.15, 0.2) is 18.2 Å². The Bertz CT molecular complexity index is 473. The quantitative estimate of drug-likeness (QED) is 0.873. The number of hydrogen-bond donors (Lipinski definition) is 1. The predicted molar refractivity (Wildman–Crippen MR) is 84.1 cm³/mol. The largest absolute Gasteiger partial charge is 0.493 e. The van der Waals surface area contributed by atoms with Crippen LogP contribution in [-0.4, -0.2) is 32.5 Å². The average molecular weight is 293 g/mol. The lowest BCUT2D eigenvalue weighted by Crippen LogP contribution is -2.31. The summed E-state index contributed by atoms with van der Waals surface area (Å²) < 4.78 is 16.6. The molecule has 0 saturated carbocycles. The van der Waals surface area contributed by atoms with Crippen LogP contribution in [0.2, 0.25) is 0 Å². The molecular formula is C17H27NO3. The second-order valence-electron chi connectivity index (χ2n) is 6.28. The molecule has 0 bridgehead atoms. The van der Waals surface area contributed by atoms with Gasteiger partial charge >= 0.3 is 0 Å². The van der Waals surface area contributed by atoms with Crippen molar-refractivity contribution in [3.05, 3.63) is 23.8 Å². The van der Waals surface area contributed by atoms with E-state index in [2.05, 4.69) is 32.2 Å². The van der Waals surface area contributed by atoms with E-state index in [1.54, 1.807) is 14.2 Å². The van der Waals surface area contributed by atoms with E-state index in [4.69, 9.17) is 14.2 Å². The Labute approximate surface area is 127 Å². The van der Waals surface area contributed by atoms with E-state index in [1.807, 2.05) is 12.1 Å². The summed E-state index contributed by atoms with van der Waals surface area (Å²) in [5, 5.41) is 3.55. The van der Waals surface area contributed by atoms with Gasteiger partial charge in [0.05, 0.1) is 25.9 Å². The van der Waals surface area contributed by atoms with Crippen molar-refractivity contribution in [3.63, 3.8) is 0 Å². The van der Waals surface area contributed by atoms with Crippen molar-refractivity contribution in [2.24, 2.45) is 0 Å². The molecule has 1 fully saturated rings. The molecule has 1 aromatic carbocycles. The number of hydrogen-bond acceptors (Lipinski definition) is 4. The van der Waals surface area contributed by atoms with Gasteiger partial charge in [-0.25, -0.2) is 0 Å². The van der Waals surface area contributed by atoms with Gasteiger partial charge in [-0.1, -0.05) is 6.07 Å². The fourth-order valence-electron chi connectivity index (χ4n) is 2.77. The molecule has 1 heterocycles. The van der Waals surface area contributed by atoms with Gasteiger partial charge in [-0.15, -0.1) is 0 Å². The van der Waals surface area contributed by atoms with Crippen molar-refractivity contribution < 1.29 is 14.2 Å². The van der Waals surface area contributed by atoms with Crippen LogP contribution in [0.4, 0.5) is 0 Å². The molecule has 1 saturated heterocycles. The number of benzene rings is 1. The van der Waals surface area contributed by atoms with Gasteiger partial charge in [0.15, 0.2) is 11.5 Å². The zero-order chi connectivity index (χ0) is 15.5. The number of ether oxygens (including phenoxy) is 3. The van der Waals surface area contributed by atoms with E-state index in [1.165, 1.54) is 5.56 Å². The van der Waals surface area contributed by atoms with Crippen molar-refractivity contribution >= 4 is 0 Å². The monoisotopic (exact) mass is 293 g/mol. The van der Waals surface area contributed by atoms with E-state index in [9.17, 15) is 0 Å². The Morgan fingerprint density at radius 3 is 2.57 bits per heavy atom. The molecule has 0 spiro atoms. The Hall–Kier alpha value is -1.26. The number of rotatable bonds is 6. The lowest BCUT2D eigenvalue weighted by Gasteiger charge is -2.22. The summed E-state index contributed by atoms with van der Waals surface area (Å²) >= 11 is 0. The summed E-state index contributed by atoms with van der Waals surface area (Å²) in [7, 11) is 3.31. The molecule has 1 aliphatic rings. The topological polar surface area (TPSA) is 39.7 Å². The third-order valence-corrected chi connectivity index (χ3v) is 4.11. The minimum absolute atomic E-state index is 0.0267. The first-order chi connectivity index (χ1) is 9.95. The molecule has 21 heavy (non-hydrogen) atoms. The minimum Gasteiger partial charge on any atom is -0.493 e. The lowest BCUT2D eigenvalue weighted by molar-refractivity contribution is -0.0150. The Kier molecular flexibility index (Phi) is 5.12. The van der Waals surface area contributed by atoms with Crippen LogP contribution in [0, 0.1) is 0 Å². The first-order valence-electron chi connectivity index (χ1n) is 7.58. The molecule has 1 aliphatic heterocycles. The molecule has 118 valence electrons. The molecule has 2 rings (SSSR count). The normalized spacial score (nSPS) is 22.0. The van der Waals surface area contributed by atoms with Crippen LogP contribution < -0.4 is 14.8 Å². The molecule has 0 aliphatic carbocycles. The maximum atomic E-state index is 6.01. The fourth-order valence-corrected chi connectivity index (χ4v) is 2.77. The van der Waals surface area contributed by atoms with Gasteiger partial charge in [0.25, 0.3) is 0 Å². The van der Waals surface area contributed by atoms with Crippen LogP contribution >= 0.6 is 0 Å². The molecule has 1 N–H and O–H groups in total. The molecule has 0 amide bonds. The fraction of sp³-hybridized carbons (Fsp3) is 0.647. The van der Waals surface area contributed by atoms with Gasteiger partial charge in [0, 0.05) is 12.6 Å². The lowest BCUT2D eigenvalue weighted by atomic mass is 10.0. The van der Waals surface area contributed by atoms with Gasteiger partial charge < -0.3 is 19.5 Å². The van der Waals surface area contributed by atoms with Crippen LogP contribution in [0.1, 0.15) is 45.2 Å². The molecule has 2 unspecified atom stereocenters. The molecule has 4 nitrogen and oxygen atoms in total. The molecule has 0 aromatic heterocycles. The third-order valence-electron chi connectivity index (χ3n) is 4.11. The highest BCUT2D eigenvalue weighted by atomic mass is 16.5. The third kappa shape index (κ3) is 4.11. The highest BCUT2D eigenvalue weighted by Crippen LogP contribution is 2.31. The van der Waals surface area contributed by atoms with E-state index in [0.717, 1.165) is 30.9 Å². The number of nitrogens with one attached hydrogen (secondary N) is 1. The Morgan fingerprint density at radius 1 is 1.29 bits per heavy atom. The summed E-state index contributed by atoms with van der Waals surface area (Å²) in [4.78, 5) is 0. The second kappa shape index (κ2) is 6.67. The minimum atomic E-state index is 0.0267. The van der Waals surface area contributed by atoms with Crippen LogP contribution in [0.5, 0.6) is 11.5 Å². The Morgan fingerprint density at radius 2 is 2.00 bits per heavy atom. The summed E-state index contributed by atoms with van der Waals surface area (Å²) in [5.74, 6) is 1.52. The van der Waals surface area contributed by atoms with E-state index < -0.39 is 0 Å². The molecule has 1 aromatic rings. The van der Waals surface area contributed by atoms with Crippen molar-refractivity contribution in [1.29, 1.82) is 0 Å². The zero-order valence-corrected chi connectivity index (χ0v) is 13.7. The first-order valence-corrected chi connectivity index (χ1v) is 7.58. The molecular weight excluding hydrogens is 266 g/mol. The smallest absolute Gasteiger partial charge is 0.161 e. The summed E-state index contributed by atoms with van der Waals surface area (Å²) in [6.45, 7) is 7.34. The average Bonchev–Trinajstić information content (AvgIpc) is 2.83. The van der Waals surface area contributed by atoms with Crippen molar-refractivity contribution in [2.45, 2.75) is 51.4 Å². The summed E-state index contributed by atoms with van der Waals surface area (Å²) in [5.41, 5.74) is 1.21. The first kappa shape index (κ1) is 16.1.